The second kappa shape index (κ2) is 7.13. The minimum Gasteiger partial charge on any atom is -0.312 e. The summed E-state index contributed by atoms with van der Waals surface area (Å²) in [4.78, 5) is 13.6. The number of anilines is 1. The summed E-state index contributed by atoms with van der Waals surface area (Å²) >= 11 is 1.41. The molecule has 1 aromatic heterocycles. The molecule has 3 rings (SSSR count). The molecule has 1 aliphatic carbocycles. The van der Waals surface area contributed by atoms with Gasteiger partial charge in [0.25, 0.3) is 5.91 Å². The Labute approximate surface area is 162 Å². The van der Waals surface area contributed by atoms with E-state index >= 15 is 0 Å². The lowest BCUT2D eigenvalue weighted by Gasteiger charge is -2.33. The molecule has 0 unspecified atom stereocenters. The van der Waals surface area contributed by atoms with Crippen molar-refractivity contribution >= 4 is 22.2 Å². The average Bonchev–Trinajstić information content (AvgIpc) is 2.96. The number of rotatable bonds is 2. The molecule has 0 aliphatic heterocycles. The molecule has 0 bridgehead atoms. The Balaban J connectivity index is 1.89. The van der Waals surface area contributed by atoms with Gasteiger partial charge in [-0.05, 0) is 54.4 Å². The van der Waals surface area contributed by atoms with Gasteiger partial charge in [0.05, 0.1) is 22.8 Å². The van der Waals surface area contributed by atoms with Crippen molar-refractivity contribution in [1.82, 2.24) is 0 Å². The molecule has 0 radical (unpaired) electrons. The van der Waals surface area contributed by atoms with Crippen LogP contribution in [0.4, 0.5) is 9.39 Å². The van der Waals surface area contributed by atoms with Gasteiger partial charge in [0, 0.05) is 4.88 Å². The Kier molecular flexibility index (Phi) is 5.04. The molecule has 1 atom stereocenters. The predicted molar refractivity (Wildman–Crippen MR) is 103 cm³/mol. The van der Waals surface area contributed by atoms with Crippen molar-refractivity contribution in [2.45, 2.75) is 40.0 Å². The van der Waals surface area contributed by atoms with Crippen LogP contribution in [0.5, 0.6) is 0 Å². The first-order valence-electron chi connectivity index (χ1n) is 8.80. The molecule has 1 heterocycles. The molecule has 0 spiro atoms. The molecule has 1 aromatic carbocycles. The van der Waals surface area contributed by atoms with E-state index in [0.29, 0.717) is 16.5 Å². The highest BCUT2D eigenvalue weighted by Gasteiger charge is 2.32. The Morgan fingerprint density at radius 3 is 2.63 bits per heavy atom. The Bertz CT molecular complexity index is 989. The van der Waals surface area contributed by atoms with Gasteiger partial charge in [0.1, 0.15) is 16.9 Å². The molecule has 138 valence electrons. The second-order valence-electron chi connectivity index (χ2n) is 7.89. The number of thiophene rings is 1. The van der Waals surface area contributed by atoms with E-state index in [9.17, 15) is 14.4 Å². The zero-order valence-electron chi connectivity index (χ0n) is 15.5. The number of benzene rings is 1. The number of hydrogen-bond donors (Lipinski definition) is 1. The van der Waals surface area contributed by atoms with Crippen LogP contribution in [-0.2, 0) is 12.8 Å². The number of nitrogens with one attached hydrogen (secondary N) is 1. The summed E-state index contributed by atoms with van der Waals surface area (Å²) in [5.74, 6) is -0.839. The molecule has 27 heavy (non-hydrogen) atoms. The number of amides is 1. The monoisotopic (exact) mass is 381 g/mol. The van der Waals surface area contributed by atoms with Gasteiger partial charge in [-0.15, -0.1) is 11.3 Å². The summed E-state index contributed by atoms with van der Waals surface area (Å²) in [5, 5.41) is 21.6. The van der Waals surface area contributed by atoms with Gasteiger partial charge in [-0.25, -0.2) is 4.39 Å². The van der Waals surface area contributed by atoms with Gasteiger partial charge < -0.3 is 5.32 Å². The molecule has 0 saturated carbocycles. The van der Waals surface area contributed by atoms with Gasteiger partial charge in [0.2, 0.25) is 0 Å². The van der Waals surface area contributed by atoms with E-state index in [2.05, 4.69) is 32.2 Å². The molecule has 2 aromatic rings. The minimum absolute atomic E-state index is 0.142. The maximum absolute atomic E-state index is 14.1. The molecule has 1 amide bonds. The van der Waals surface area contributed by atoms with Crippen LogP contribution in [0.2, 0.25) is 0 Å². The Morgan fingerprint density at radius 1 is 1.30 bits per heavy atom. The van der Waals surface area contributed by atoms with Crippen LogP contribution >= 0.6 is 11.3 Å². The summed E-state index contributed by atoms with van der Waals surface area (Å²) in [5.41, 5.74) is 1.70. The van der Waals surface area contributed by atoms with E-state index in [1.807, 2.05) is 6.07 Å². The lowest BCUT2D eigenvalue weighted by molar-refractivity contribution is 0.102. The quantitative estimate of drug-likeness (QED) is 0.792. The average molecular weight is 381 g/mol. The first-order chi connectivity index (χ1) is 12.7. The molecular weight excluding hydrogens is 361 g/mol. The third kappa shape index (κ3) is 3.72. The summed E-state index contributed by atoms with van der Waals surface area (Å²) in [6.07, 6.45) is 2.72. The first-order valence-corrected chi connectivity index (χ1v) is 9.62. The molecular formula is C21H20FN3OS. The third-order valence-electron chi connectivity index (χ3n) is 5.17. The number of halogens is 1. The molecule has 0 fully saturated rings. The smallest absolute Gasteiger partial charge is 0.259 e. The standard InChI is InChI=1S/C21H20FN3OS/c1-21(2,3)13-5-7-14-16(11-24)20(27-18(14)9-13)25-19(26)15-6-4-12(10-23)8-17(15)22/h4,6,8,13H,5,7,9H2,1-3H3,(H,25,26)/t13-/m1/s1. The molecule has 1 N–H and O–H groups in total. The number of carbonyl (C=O) groups is 1. The maximum atomic E-state index is 14.1. The highest BCUT2D eigenvalue weighted by atomic mass is 32.1. The molecule has 4 nitrogen and oxygen atoms in total. The summed E-state index contributed by atoms with van der Waals surface area (Å²) in [6, 6.07) is 7.77. The highest BCUT2D eigenvalue weighted by molar-refractivity contribution is 7.16. The lowest BCUT2D eigenvalue weighted by Crippen LogP contribution is -2.26. The number of fused-ring (bicyclic) bond motifs is 1. The summed E-state index contributed by atoms with van der Waals surface area (Å²) < 4.78 is 14.1. The van der Waals surface area contributed by atoms with E-state index in [0.717, 1.165) is 35.8 Å². The molecule has 6 heteroatoms. The minimum atomic E-state index is -0.751. The van der Waals surface area contributed by atoms with Crippen LogP contribution in [0.1, 0.15) is 59.1 Å². The second-order valence-corrected chi connectivity index (χ2v) is 8.99. The van der Waals surface area contributed by atoms with Crippen molar-refractivity contribution in [2.24, 2.45) is 11.3 Å². The lowest BCUT2D eigenvalue weighted by atomic mass is 9.72. The van der Waals surface area contributed by atoms with E-state index in [-0.39, 0.29) is 16.5 Å². The fourth-order valence-electron chi connectivity index (χ4n) is 3.47. The van der Waals surface area contributed by atoms with Gasteiger partial charge in [-0.2, -0.15) is 10.5 Å². The van der Waals surface area contributed by atoms with E-state index < -0.39 is 11.7 Å². The first kappa shape index (κ1) is 19.1. The van der Waals surface area contributed by atoms with Gasteiger partial charge in [-0.1, -0.05) is 20.8 Å². The van der Waals surface area contributed by atoms with E-state index in [1.54, 1.807) is 0 Å². The number of carbonyl (C=O) groups excluding carboxylic acids is 1. The van der Waals surface area contributed by atoms with Crippen LogP contribution < -0.4 is 5.32 Å². The fourth-order valence-corrected chi connectivity index (χ4v) is 4.74. The van der Waals surface area contributed by atoms with Crippen LogP contribution in [-0.4, -0.2) is 5.91 Å². The summed E-state index contributed by atoms with van der Waals surface area (Å²) in [6.45, 7) is 6.66. The highest BCUT2D eigenvalue weighted by Crippen LogP contribution is 2.44. The number of nitriles is 2. The SMILES string of the molecule is CC(C)(C)[C@@H]1CCc2c(sc(NC(=O)c3ccc(C#N)cc3F)c2C#N)C1. The van der Waals surface area contributed by atoms with Gasteiger partial charge >= 0.3 is 0 Å². The Hall–Kier alpha value is -2.70. The van der Waals surface area contributed by atoms with Crippen molar-refractivity contribution in [2.75, 3.05) is 5.32 Å². The summed E-state index contributed by atoms with van der Waals surface area (Å²) in [7, 11) is 0. The van der Waals surface area contributed by atoms with Crippen LogP contribution in [0.25, 0.3) is 0 Å². The third-order valence-corrected chi connectivity index (χ3v) is 6.34. The van der Waals surface area contributed by atoms with Crippen LogP contribution in [0, 0.1) is 39.8 Å². The van der Waals surface area contributed by atoms with Crippen molar-refractivity contribution in [3.8, 4) is 12.1 Å². The normalized spacial score (nSPS) is 16.1. The van der Waals surface area contributed by atoms with Crippen molar-refractivity contribution in [3.63, 3.8) is 0 Å². The zero-order chi connectivity index (χ0) is 19.8. The van der Waals surface area contributed by atoms with Crippen molar-refractivity contribution in [3.05, 3.63) is 51.1 Å². The van der Waals surface area contributed by atoms with Gasteiger partial charge in [-0.3, -0.25) is 4.79 Å². The molecule has 0 saturated heterocycles. The zero-order valence-corrected chi connectivity index (χ0v) is 16.3. The van der Waals surface area contributed by atoms with Gasteiger partial charge in [0.15, 0.2) is 0 Å². The number of hydrogen-bond acceptors (Lipinski definition) is 4. The Morgan fingerprint density at radius 2 is 2.04 bits per heavy atom. The molecule has 1 aliphatic rings. The largest absolute Gasteiger partial charge is 0.312 e. The maximum Gasteiger partial charge on any atom is 0.259 e. The predicted octanol–water partition coefficient (Wildman–Crippen LogP) is 5.03. The van der Waals surface area contributed by atoms with Crippen LogP contribution in [0.3, 0.4) is 0 Å². The topological polar surface area (TPSA) is 76.7 Å². The van der Waals surface area contributed by atoms with Crippen molar-refractivity contribution < 1.29 is 9.18 Å². The number of nitrogens with zero attached hydrogens (tertiary/aromatic N) is 2. The fraction of sp³-hybridized carbons (Fsp3) is 0.381. The van der Waals surface area contributed by atoms with E-state index in [4.69, 9.17) is 5.26 Å². The van der Waals surface area contributed by atoms with Crippen molar-refractivity contribution in [1.29, 1.82) is 10.5 Å². The van der Waals surface area contributed by atoms with E-state index in [1.165, 1.54) is 23.5 Å². The van der Waals surface area contributed by atoms with Crippen LogP contribution in [0.15, 0.2) is 18.2 Å².